The van der Waals surface area contributed by atoms with Gasteiger partial charge >= 0.3 is 0 Å². The fourth-order valence-electron chi connectivity index (χ4n) is 3.77. The molecule has 35 heavy (non-hydrogen) atoms. The van der Waals surface area contributed by atoms with E-state index >= 15 is 0 Å². The molecule has 2 heterocycles. The molecule has 1 aliphatic rings. The summed E-state index contributed by atoms with van der Waals surface area (Å²) in [4.78, 5) is 17.9. The number of halogens is 4. The van der Waals surface area contributed by atoms with Crippen molar-refractivity contribution >= 4 is 22.5 Å². The molecule has 0 saturated carbocycles. The van der Waals surface area contributed by atoms with Gasteiger partial charge in [-0.15, -0.1) is 0 Å². The number of aliphatic hydroxyl groups is 1. The molecule has 0 radical (unpaired) electrons. The Kier molecular flexibility index (Phi) is 7.02. The third-order valence-corrected chi connectivity index (χ3v) is 5.69. The van der Waals surface area contributed by atoms with E-state index in [0.717, 1.165) is 12.8 Å². The van der Waals surface area contributed by atoms with E-state index in [9.17, 15) is 27.5 Å². The lowest BCUT2D eigenvalue weighted by atomic mass is 10.0. The van der Waals surface area contributed by atoms with Crippen molar-refractivity contribution in [3.8, 4) is 17.0 Å². The van der Waals surface area contributed by atoms with Gasteiger partial charge in [0.1, 0.15) is 11.5 Å². The van der Waals surface area contributed by atoms with Gasteiger partial charge in [-0.25, -0.2) is 22.5 Å². The number of fused-ring (bicyclic) bond motifs is 1. The normalized spacial score (nSPS) is 17.9. The molecule has 2 aromatic carbocycles. The molecule has 4 rings (SSSR count). The summed E-state index contributed by atoms with van der Waals surface area (Å²) in [6.45, 7) is 2.63. The van der Waals surface area contributed by atoms with Crippen molar-refractivity contribution < 1.29 is 32.2 Å². The van der Waals surface area contributed by atoms with Crippen LogP contribution in [0.15, 0.2) is 59.7 Å². The number of carbonyl (C=O) groups excluding carboxylic acids is 1. The van der Waals surface area contributed by atoms with Crippen molar-refractivity contribution in [3.63, 3.8) is 0 Å². The molecule has 1 amide bonds. The molecule has 6 nitrogen and oxygen atoms in total. The molecule has 0 saturated heterocycles. The number of amides is 1. The highest BCUT2D eigenvalue weighted by Gasteiger charge is 2.53. The first-order chi connectivity index (χ1) is 16.7. The smallest absolute Gasteiger partial charge is 0.287 e. The first kappa shape index (κ1) is 24.6. The number of aromatic nitrogens is 1. The first-order valence-electron chi connectivity index (χ1n) is 11.1. The molecule has 0 spiro atoms. The summed E-state index contributed by atoms with van der Waals surface area (Å²) in [5.41, 5.74) is -2.91. The molecule has 1 atom stereocenters. The van der Waals surface area contributed by atoms with E-state index in [1.807, 2.05) is 0 Å². The molecule has 0 unspecified atom stereocenters. The SMILES string of the molecule is CCCCOc1ccc(-c2cc(C(=O)N3N=C(C(F)F)C[C@]3(O)C(F)F)c3ccccc3n2)cc1. The highest BCUT2D eigenvalue weighted by atomic mass is 19.3. The Morgan fingerprint density at radius 2 is 1.86 bits per heavy atom. The fourth-order valence-corrected chi connectivity index (χ4v) is 3.77. The van der Waals surface area contributed by atoms with Gasteiger partial charge < -0.3 is 9.84 Å². The van der Waals surface area contributed by atoms with Crippen LogP contribution in [0.25, 0.3) is 22.2 Å². The number of nitrogens with zero attached hydrogens (tertiary/aromatic N) is 3. The summed E-state index contributed by atoms with van der Waals surface area (Å²) >= 11 is 0. The van der Waals surface area contributed by atoms with Crippen LogP contribution in [0.3, 0.4) is 0 Å². The zero-order valence-electron chi connectivity index (χ0n) is 18.8. The number of hydrogen-bond acceptors (Lipinski definition) is 5. The van der Waals surface area contributed by atoms with Gasteiger partial charge in [0, 0.05) is 17.4 Å². The third kappa shape index (κ3) is 4.84. The van der Waals surface area contributed by atoms with Crippen LogP contribution in [-0.4, -0.2) is 51.9 Å². The zero-order chi connectivity index (χ0) is 25.2. The van der Waals surface area contributed by atoms with E-state index in [2.05, 4.69) is 17.0 Å². The maximum absolute atomic E-state index is 13.7. The van der Waals surface area contributed by atoms with Crippen LogP contribution in [0.5, 0.6) is 5.75 Å². The minimum atomic E-state index is -3.51. The summed E-state index contributed by atoms with van der Waals surface area (Å²) < 4.78 is 59.5. The second-order valence-electron chi connectivity index (χ2n) is 8.16. The maximum atomic E-state index is 13.7. The quantitative estimate of drug-likeness (QED) is 0.335. The molecule has 0 fully saturated rings. The van der Waals surface area contributed by atoms with E-state index in [4.69, 9.17) is 4.74 Å². The second-order valence-corrected chi connectivity index (χ2v) is 8.16. The molecule has 1 aromatic heterocycles. The summed E-state index contributed by atoms with van der Waals surface area (Å²) in [5, 5.41) is 14.2. The fraction of sp³-hybridized carbons (Fsp3) is 0.320. The minimum absolute atomic E-state index is 0.0649. The lowest BCUT2D eigenvalue weighted by molar-refractivity contribution is -0.164. The van der Waals surface area contributed by atoms with Crippen molar-refractivity contribution in [3.05, 3.63) is 60.2 Å². The monoisotopic (exact) mass is 489 g/mol. The van der Waals surface area contributed by atoms with Crippen molar-refractivity contribution in [2.75, 3.05) is 6.61 Å². The predicted molar refractivity (Wildman–Crippen MR) is 123 cm³/mol. The molecule has 184 valence electrons. The number of benzene rings is 2. The van der Waals surface area contributed by atoms with Gasteiger partial charge in [0.15, 0.2) is 0 Å². The van der Waals surface area contributed by atoms with Crippen molar-refractivity contribution in [1.29, 1.82) is 0 Å². The lowest BCUT2D eigenvalue weighted by Gasteiger charge is -2.30. The largest absolute Gasteiger partial charge is 0.494 e. The van der Waals surface area contributed by atoms with E-state index < -0.39 is 36.6 Å². The zero-order valence-corrected chi connectivity index (χ0v) is 18.8. The Hall–Kier alpha value is -3.53. The Bertz CT molecular complexity index is 1250. The van der Waals surface area contributed by atoms with Gasteiger partial charge in [0.25, 0.3) is 18.8 Å². The number of unbranched alkanes of at least 4 members (excludes halogenated alkanes) is 1. The maximum Gasteiger partial charge on any atom is 0.287 e. The van der Waals surface area contributed by atoms with E-state index in [1.165, 1.54) is 6.07 Å². The first-order valence-corrected chi connectivity index (χ1v) is 11.1. The summed E-state index contributed by atoms with van der Waals surface area (Å²) in [6.07, 6.45) is -5.95. The Balaban J connectivity index is 1.76. The number of alkyl halides is 4. The number of hydrazone groups is 1. The van der Waals surface area contributed by atoms with E-state index in [1.54, 1.807) is 48.5 Å². The van der Waals surface area contributed by atoms with Gasteiger partial charge in [-0.3, -0.25) is 4.79 Å². The van der Waals surface area contributed by atoms with Crippen molar-refractivity contribution in [2.45, 2.75) is 44.8 Å². The number of para-hydroxylation sites is 1. The number of rotatable bonds is 8. The second kappa shape index (κ2) is 9.99. The predicted octanol–water partition coefficient (Wildman–Crippen LogP) is 5.50. The lowest BCUT2D eigenvalue weighted by Crippen LogP contribution is -2.51. The number of pyridine rings is 1. The molecule has 10 heteroatoms. The van der Waals surface area contributed by atoms with Crippen molar-refractivity contribution in [2.24, 2.45) is 5.10 Å². The van der Waals surface area contributed by atoms with Crippen LogP contribution in [0.2, 0.25) is 0 Å². The molecule has 0 aliphatic carbocycles. The van der Waals surface area contributed by atoms with Crippen LogP contribution >= 0.6 is 0 Å². The van der Waals surface area contributed by atoms with Crippen LogP contribution in [0.1, 0.15) is 36.5 Å². The van der Waals surface area contributed by atoms with Gasteiger partial charge in [-0.2, -0.15) is 10.1 Å². The topological polar surface area (TPSA) is 75.0 Å². The van der Waals surface area contributed by atoms with Gasteiger partial charge in [-0.1, -0.05) is 31.5 Å². The van der Waals surface area contributed by atoms with Crippen molar-refractivity contribution in [1.82, 2.24) is 9.99 Å². The highest BCUT2D eigenvalue weighted by Crippen LogP contribution is 2.36. The van der Waals surface area contributed by atoms with Crippen LogP contribution < -0.4 is 4.74 Å². The number of ether oxygens (including phenoxy) is 1. The third-order valence-electron chi connectivity index (χ3n) is 5.69. The Morgan fingerprint density at radius 1 is 1.14 bits per heavy atom. The van der Waals surface area contributed by atoms with Crippen LogP contribution in [-0.2, 0) is 0 Å². The van der Waals surface area contributed by atoms with Gasteiger partial charge in [-0.05, 0) is 42.8 Å². The molecule has 1 aliphatic heterocycles. The number of hydrogen-bond donors (Lipinski definition) is 1. The molecule has 1 N–H and O–H groups in total. The standard InChI is InChI=1S/C25H23F4N3O3/c1-2-3-12-35-16-10-8-15(9-11-16)20-13-18(17-6-4-5-7-19(17)30-20)23(33)32-25(34,24(28)29)14-21(31-32)22(26)27/h4-11,13,22,24,34H,2-3,12,14H2,1H3/t25-/m0/s1. The molecule has 3 aromatic rings. The number of carbonyl (C=O) groups is 1. The van der Waals surface area contributed by atoms with E-state index in [-0.39, 0.29) is 10.6 Å². The van der Waals surface area contributed by atoms with E-state index in [0.29, 0.717) is 34.5 Å². The summed E-state index contributed by atoms with van der Waals surface area (Å²) in [5.74, 6) is -0.477. The molecular formula is C25H23F4N3O3. The summed E-state index contributed by atoms with van der Waals surface area (Å²) in [7, 11) is 0. The average molecular weight is 489 g/mol. The van der Waals surface area contributed by atoms with Crippen LogP contribution in [0, 0.1) is 0 Å². The Morgan fingerprint density at radius 3 is 2.51 bits per heavy atom. The highest BCUT2D eigenvalue weighted by molar-refractivity contribution is 6.08. The van der Waals surface area contributed by atoms with Gasteiger partial charge in [0.2, 0.25) is 5.72 Å². The van der Waals surface area contributed by atoms with Gasteiger partial charge in [0.05, 0.1) is 23.4 Å². The average Bonchev–Trinajstić information content (AvgIpc) is 3.23. The minimum Gasteiger partial charge on any atom is -0.494 e. The van der Waals surface area contributed by atoms with Crippen LogP contribution in [0.4, 0.5) is 17.6 Å². The Labute approximate surface area is 198 Å². The molecular weight excluding hydrogens is 466 g/mol. The summed E-state index contributed by atoms with van der Waals surface area (Å²) in [6, 6.07) is 14.9. The molecule has 0 bridgehead atoms.